The number of nitrogens with two attached hydrogens (primary N) is 1. The summed E-state index contributed by atoms with van der Waals surface area (Å²) < 4.78 is 10.5. The Morgan fingerprint density at radius 2 is 1.88 bits per heavy atom. The summed E-state index contributed by atoms with van der Waals surface area (Å²) in [5.74, 6) is 1.78. The van der Waals surface area contributed by atoms with E-state index in [4.69, 9.17) is 15.0 Å². The van der Waals surface area contributed by atoms with Crippen LogP contribution < -0.4 is 15.8 Å². The van der Waals surface area contributed by atoms with E-state index in [0.29, 0.717) is 18.3 Å². The van der Waals surface area contributed by atoms with Crippen molar-refractivity contribution in [1.82, 2.24) is 5.16 Å². The second-order valence-corrected chi connectivity index (χ2v) is 4.76. The van der Waals surface area contributed by atoms with Crippen molar-refractivity contribution >= 4 is 35.6 Å². The molecule has 3 rings (SSSR count). The molecule has 0 aliphatic heterocycles. The van der Waals surface area contributed by atoms with E-state index in [1.807, 2.05) is 54.6 Å². The Kier molecular flexibility index (Phi) is 6.62. The van der Waals surface area contributed by atoms with Gasteiger partial charge in [0.15, 0.2) is 5.96 Å². The molecule has 2 aromatic carbocycles. The number of nitrogens with zero attached hydrogens (tertiary/aromatic N) is 2. The lowest BCUT2D eigenvalue weighted by molar-refractivity contribution is 0.412. The summed E-state index contributed by atoms with van der Waals surface area (Å²) in [6.07, 6.45) is 1.50. The molecular weight excluding hydrogens is 419 g/mol. The molecule has 0 bridgehead atoms. The first-order valence-electron chi connectivity index (χ1n) is 7.09. The number of benzene rings is 2. The summed E-state index contributed by atoms with van der Waals surface area (Å²) >= 11 is 0. The monoisotopic (exact) mass is 436 g/mol. The van der Waals surface area contributed by atoms with Crippen LogP contribution in [-0.2, 0) is 6.54 Å². The molecule has 0 radical (unpaired) electrons. The zero-order valence-electron chi connectivity index (χ0n) is 12.8. The molecule has 0 atom stereocenters. The van der Waals surface area contributed by atoms with Gasteiger partial charge in [0, 0.05) is 17.8 Å². The van der Waals surface area contributed by atoms with Crippen LogP contribution in [0.25, 0.3) is 0 Å². The van der Waals surface area contributed by atoms with Crippen LogP contribution in [-0.4, -0.2) is 11.1 Å². The lowest BCUT2D eigenvalue weighted by atomic mass is 10.3. The largest absolute Gasteiger partial charge is 0.457 e. The van der Waals surface area contributed by atoms with E-state index < -0.39 is 0 Å². The molecule has 0 saturated carbocycles. The molecule has 0 aliphatic carbocycles. The molecule has 7 heteroatoms. The SMILES string of the molecule is I.NC(=NCc1ccon1)Nc1cccc(Oc2ccccc2)c1. The van der Waals surface area contributed by atoms with E-state index in [-0.39, 0.29) is 24.0 Å². The van der Waals surface area contributed by atoms with Gasteiger partial charge in [-0.1, -0.05) is 29.4 Å². The Morgan fingerprint density at radius 1 is 1.08 bits per heavy atom. The number of guanidine groups is 1. The summed E-state index contributed by atoms with van der Waals surface area (Å²) in [5.41, 5.74) is 7.37. The van der Waals surface area contributed by atoms with Crippen molar-refractivity contribution in [2.75, 3.05) is 5.32 Å². The predicted molar refractivity (Wildman–Crippen MR) is 104 cm³/mol. The number of hydrogen-bond donors (Lipinski definition) is 2. The number of anilines is 1. The molecule has 0 aliphatic rings. The Bertz CT molecular complexity index is 776. The van der Waals surface area contributed by atoms with Gasteiger partial charge in [-0.3, -0.25) is 0 Å². The fourth-order valence-electron chi connectivity index (χ4n) is 1.93. The standard InChI is InChI=1S/C17H16N4O2.HI/c18-17(19-12-14-9-10-22-21-14)20-13-5-4-8-16(11-13)23-15-6-2-1-3-7-15;/h1-11H,12H2,(H3,18,19,20);1H. The second kappa shape index (κ2) is 8.92. The Hall–Kier alpha value is -2.55. The van der Waals surface area contributed by atoms with Gasteiger partial charge in [0.05, 0.1) is 6.54 Å². The van der Waals surface area contributed by atoms with Crippen LogP contribution in [0.2, 0.25) is 0 Å². The van der Waals surface area contributed by atoms with E-state index in [0.717, 1.165) is 17.1 Å². The zero-order chi connectivity index (χ0) is 15.9. The number of ether oxygens (including phenoxy) is 1. The molecule has 6 nitrogen and oxygen atoms in total. The van der Waals surface area contributed by atoms with Gasteiger partial charge in [-0.25, -0.2) is 4.99 Å². The van der Waals surface area contributed by atoms with E-state index in [2.05, 4.69) is 15.5 Å². The lowest BCUT2D eigenvalue weighted by Gasteiger charge is -2.09. The van der Waals surface area contributed by atoms with Gasteiger partial charge < -0.3 is 20.3 Å². The minimum atomic E-state index is 0. The normalized spacial score (nSPS) is 10.8. The molecule has 3 N–H and O–H groups in total. The number of nitrogens with one attached hydrogen (secondary N) is 1. The summed E-state index contributed by atoms with van der Waals surface area (Å²) in [5, 5.41) is 6.79. The fourth-order valence-corrected chi connectivity index (χ4v) is 1.93. The van der Waals surface area contributed by atoms with Gasteiger partial charge in [0.2, 0.25) is 0 Å². The van der Waals surface area contributed by atoms with Gasteiger partial charge in [0.25, 0.3) is 0 Å². The van der Waals surface area contributed by atoms with Gasteiger partial charge in [-0.15, -0.1) is 24.0 Å². The van der Waals surface area contributed by atoms with Crippen molar-refractivity contribution in [2.45, 2.75) is 6.54 Å². The quantitative estimate of drug-likeness (QED) is 0.359. The third-order valence-corrected chi connectivity index (χ3v) is 2.99. The van der Waals surface area contributed by atoms with E-state index in [9.17, 15) is 0 Å². The van der Waals surface area contributed by atoms with Crippen molar-refractivity contribution in [3.63, 3.8) is 0 Å². The van der Waals surface area contributed by atoms with Crippen LogP contribution >= 0.6 is 24.0 Å². The number of rotatable bonds is 5. The zero-order valence-corrected chi connectivity index (χ0v) is 15.1. The molecule has 0 saturated heterocycles. The fraction of sp³-hybridized carbons (Fsp3) is 0.0588. The molecule has 3 aromatic rings. The number of para-hydroxylation sites is 1. The number of aliphatic imine (C=N–C) groups is 1. The lowest BCUT2D eigenvalue weighted by Crippen LogP contribution is -2.22. The van der Waals surface area contributed by atoms with Crippen molar-refractivity contribution < 1.29 is 9.26 Å². The average molecular weight is 436 g/mol. The van der Waals surface area contributed by atoms with Gasteiger partial charge in [0.1, 0.15) is 23.5 Å². The van der Waals surface area contributed by atoms with Crippen molar-refractivity contribution in [2.24, 2.45) is 10.7 Å². The summed E-state index contributed by atoms with van der Waals surface area (Å²) in [4.78, 5) is 4.20. The van der Waals surface area contributed by atoms with Crippen LogP contribution in [0.1, 0.15) is 5.69 Å². The number of aromatic nitrogens is 1. The van der Waals surface area contributed by atoms with Crippen molar-refractivity contribution in [1.29, 1.82) is 0 Å². The van der Waals surface area contributed by atoms with Crippen molar-refractivity contribution in [3.05, 3.63) is 72.6 Å². The highest BCUT2D eigenvalue weighted by atomic mass is 127. The highest BCUT2D eigenvalue weighted by molar-refractivity contribution is 14.0. The second-order valence-electron chi connectivity index (χ2n) is 4.76. The maximum absolute atomic E-state index is 5.86. The summed E-state index contributed by atoms with van der Waals surface area (Å²) in [6.45, 7) is 0.357. The minimum Gasteiger partial charge on any atom is -0.457 e. The molecular formula is C17H17IN4O2. The molecule has 1 heterocycles. The Balaban J connectivity index is 0.00000208. The van der Waals surface area contributed by atoms with Gasteiger partial charge in [-0.2, -0.15) is 0 Å². The molecule has 0 amide bonds. The topological polar surface area (TPSA) is 85.7 Å². The van der Waals surface area contributed by atoms with E-state index in [1.165, 1.54) is 6.26 Å². The smallest absolute Gasteiger partial charge is 0.193 e. The van der Waals surface area contributed by atoms with Gasteiger partial charge in [-0.05, 0) is 24.3 Å². The highest BCUT2D eigenvalue weighted by Gasteiger charge is 2.01. The first-order chi connectivity index (χ1) is 11.3. The number of hydrogen-bond acceptors (Lipinski definition) is 4. The Morgan fingerprint density at radius 3 is 2.62 bits per heavy atom. The highest BCUT2D eigenvalue weighted by Crippen LogP contribution is 2.23. The average Bonchev–Trinajstić information content (AvgIpc) is 3.08. The van der Waals surface area contributed by atoms with Crippen LogP contribution in [0.5, 0.6) is 11.5 Å². The maximum atomic E-state index is 5.86. The molecule has 0 fully saturated rings. The van der Waals surface area contributed by atoms with Crippen molar-refractivity contribution in [3.8, 4) is 11.5 Å². The molecule has 0 unspecified atom stereocenters. The van der Waals surface area contributed by atoms with E-state index in [1.54, 1.807) is 6.07 Å². The van der Waals surface area contributed by atoms with E-state index >= 15 is 0 Å². The molecule has 24 heavy (non-hydrogen) atoms. The molecule has 124 valence electrons. The first kappa shape index (κ1) is 17.8. The molecule has 0 spiro atoms. The Labute approximate surface area is 156 Å². The third kappa shape index (κ3) is 5.27. The summed E-state index contributed by atoms with van der Waals surface area (Å²) in [6, 6.07) is 18.8. The summed E-state index contributed by atoms with van der Waals surface area (Å²) in [7, 11) is 0. The van der Waals surface area contributed by atoms with Crippen LogP contribution in [0.4, 0.5) is 5.69 Å². The van der Waals surface area contributed by atoms with Crippen LogP contribution in [0, 0.1) is 0 Å². The minimum absolute atomic E-state index is 0. The predicted octanol–water partition coefficient (Wildman–Crippen LogP) is 4.01. The third-order valence-electron chi connectivity index (χ3n) is 2.99. The van der Waals surface area contributed by atoms with Crippen LogP contribution in [0.15, 0.2) is 76.4 Å². The van der Waals surface area contributed by atoms with Gasteiger partial charge >= 0.3 is 0 Å². The van der Waals surface area contributed by atoms with Crippen LogP contribution in [0.3, 0.4) is 0 Å². The number of halogens is 1. The molecule has 1 aromatic heterocycles. The maximum Gasteiger partial charge on any atom is 0.193 e. The first-order valence-corrected chi connectivity index (χ1v) is 7.09.